The fourth-order valence-corrected chi connectivity index (χ4v) is 3.71. The number of nitrogens with zero attached hydrogens (tertiary/aromatic N) is 1. The molecule has 2 aromatic carbocycles. The zero-order valence-electron chi connectivity index (χ0n) is 16.9. The van der Waals surface area contributed by atoms with E-state index in [0.29, 0.717) is 17.4 Å². The number of halogens is 3. The third kappa shape index (κ3) is 3.95. The van der Waals surface area contributed by atoms with Crippen LogP contribution in [-0.4, -0.2) is 48.3 Å². The Morgan fingerprint density at radius 2 is 1.82 bits per heavy atom. The van der Waals surface area contributed by atoms with E-state index in [1.807, 2.05) is 5.32 Å². The van der Waals surface area contributed by atoms with E-state index in [9.17, 15) is 32.3 Å². The van der Waals surface area contributed by atoms with Crippen LogP contribution in [0.1, 0.15) is 12.0 Å². The summed E-state index contributed by atoms with van der Waals surface area (Å²) < 4.78 is 45.4. The first-order chi connectivity index (χ1) is 15.7. The quantitative estimate of drug-likeness (QED) is 0.459. The highest BCUT2D eigenvalue weighted by Crippen LogP contribution is 2.40. The number of fused-ring (bicyclic) bond motifs is 2. The Kier molecular flexibility index (Phi) is 5.66. The molecule has 0 saturated carbocycles. The van der Waals surface area contributed by atoms with Gasteiger partial charge in [-0.05, 0) is 18.2 Å². The van der Waals surface area contributed by atoms with Crippen molar-refractivity contribution in [2.75, 3.05) is 25.0 Å². The van der Waals surface area contributed by atoms with E-state index in [2.05, 4.69) is 10.6 Å². The van der Waals surface area contributed by atoms with Gasteiger partial charge >= 0.3 is 6.03 Å². The van der Waals surface area contributed by atoms with Gasteiger partial charge in [0.1, 0.15) is 12.3 Å². The van der Waals surface area contributed by atoms with Gasteiger partial charge in [0.15, 0.2) is 23.0 Å². The molecule has 0 bridgehead atoms. The van der Waals surface area contributed by atoms with Gasteiger partial charge in [-0.15, -0.1) is 0 Å². The van der Waals surface area contributed by atoms with Gasteiger partial charge in [0.25, 0.3) is 5.91 Å². The zero-order chi connectivity index (χ0) is 23.8. The third-order valence-electron chi connectivity index (χ3n) is 5.31. The molecular weight excluding hydrogens is 445 g/mol. The summed E-state index contributed by atoms with van der Waals surface area (Å²) in [7, 11) is 0. The number of imide groups is 1. The Hall–Kier alpha value is -4.09. The van der Waals surface area contributed by atoms with Gasteiger partial charge in [-0.3, -0.25) is 19.3 Å². The van der Waals surface area contributed by atoms with Crippen LogP contribution in [0.15, 0.2) is 36.4 Å². The maximum absolute atomic E-state index is 13.6. The summed E-state index contributed by atoms with van der Waals surface area (Å²) in [6.07, 6.45) is 0.176. The second kappa shape index (κ2) is 8.45. The number of nitrogens with one attached hydrogen (secondary N) is 3. The topological polar surface area (TPSA) is 117 Å². The molecule has 9 nitrogen and oxygen atoms in total. The normalized spacial score (nSPS) is 19.1. The molecule has 5 amide bonds. The van der Waals surface area contributed by atoms with Crippen LogP contribution in [0.5, 0.6) is 5.75 Å². The number of benzene rings is 2. The third-order valence-corrected chi connectivity index (χ3v) is 5.31. The number of para-hydroxylation sites is 1. The number of amides is 5. The maximum atomic E-state index is 13.6. The van der Waals surface area contributed by atoms with Gasteiger partial charge < -0.3 is 20.7 Å². The van der Waals surface area contributed by atoms with Gasteiger partial charge in [0.2, 0.25) is 11.8 Å². The summed E-state index contributed by atoms with van der Waals surface area (Å²) in [5, 5.41) is 6.81. The van der Waals surface area contributed by atoms with Crippen molar-refractivity contribution in [1.29, 1.82) is 0 Å². The van der Waals surface area contributed by atoms with E-state index >= 15 is 0 Å². The Morgan fingerprint density at radius 3 is 2.61 bits per heavy atom. The molecule has 33 heavy (non-hydrogen) atoms. The fraction of sp³-hybridized carbons (Fsp3) is 0.238. The number of rotatable bonds is 5. The lowest BCUT2D eigenvalue weighted by Gasteiger charge is -2.33. The van der Waals surface area contributed by atoms with Crippen LogP contribution in [0, 0.1) is 17.5 Å². The van der Waals surface area contributed by atoms with Crippen LogP contribution >= 0.6 is 0 Å². The lowest BCUT2D eigenvalue weighted by atomic mass is 9.84. The first kappa shape index (κ1) is 22.1. The largest absolute Gasteiger partial charge is 0.493 e. The highest BCUT2D eigenvalue weighted by Gasteiger charge is 2.55. The van der Waals surface area contributed by atoms with Gasteiger partial charge in [0, 0.05) is 12.0 Å². The molecule has 12 heteroatoms. The van der Waals surface area contributed by atoms with E-state index in [0.717, 1.165) is 11.0 Å². The Balaban J connectivity index is 1.38. The molecule has 172 valence electrons. The molecule has 2 heterocycles. The summed E-state index contributed by atoms with van der Waals surface area (Å²) >= 11 is 0. The van der Waals surface area contributed by atoms with Crippen molar-refractivity contribution >= 4 is 29.4 Å². The predicted molar refractivity (Wildman–Crippen MR) is 106 cm³/mol. The molecule has 1 atom stereocenters. The van der Waals surface area contributed by atoms with Crippen molar-refractivity contribution in [2.45, 2.75) is 12.0 Å². The molecule has 1 spiro atoms. The number of carbonyl (C=O) groups excluding carboxylic acids is 4. The van der Waals surface area contributed by atoms with E-state index in [1.165, 1.54) is 0 Å². The van der Waals surface area contributed by atoms with Crippen LogP contribution in [0.2, 0.25) is 0 Å². The maximum Gasteiger partial charge on any atom is 0.325 e. The van der Waals surface area contributed by atoms with E-state index in [1.54, 1.807) is 24.3 Å². The van der Waals surface area contributed by atoms with Gasteiger partial charge in [-0.1, -0.05) is 18.2 Å². The molecule has 1 fully saturated rings. The van der Waals surface area contributed by atoms with E-state index < -0.39 is 65.5 Å². The Morgan fingerprint density at radius 1 is 1.06 bits per heavy atom. The van der Waals surface area contributed by atoms with Crippen LogP contribution in [-0.2, 0) is 19.9 Å². The molecule has 0 radical (unpaired) electrons. The second-order valence-electron chi connectivity index (χ2n) is 7.37. The molecule has 2 aliphatic rings. The first-order valence-electron chi connectivity index (χ1n) is 9.79. The minimum absolute atomic E-state index is 0.176. The minimum atomic E-state index is -1.75. The van der Waals surface area contributed by atoms with Crippen LogP contribution < -0.4 is 20.7 Å². The average Bonchev–Trinajstić information content (AvgIpc) is 3.03. The standard InChI is InChI=1S/C21H17F3N4O5/c22-12-5-6-13(18(24)17(12)23)26-15(29)9-25-16(30)10-28-19(31)21(27-20(28)32)7-8-33-14-4-2-1-3-11(14)21/h1-6H,7-10H2,(H,25,30)(H,26,29)(H,27,32). The smallest absolute Gasteiger partial charge is 0.325 e. The van der Waals surface area contributed by atoms with Crippen molar-refractivity contribution in [3.05, 3.63) is 59.4 Å². The molecular formula is C21H17F3N4O5. The average molecular weight is 462 g/mol. The molecule has 3 N–H and O–H groups in total. The SMILES string of the molecule is O=C(CN1C(=O)NC2(CCOc3ccccc32)C1=O)NCC(=O)Nc1ccc(F)c(F)c1F. The number of carbonyl (C=O) groups is 4. The van der Waals surface area contributed by atoms with Crippen molar-refractivity contribution in [1.82, 2.24) is 15.5 Å². The first-order valence-corrected chi connectivity index (χ1v) is 9.79. The lowest BCUT2D eigenvalue weighted by molar-refractivity contribution is -0.136. The highest BCUT2D eigenvalue weighted by atomic mass is 19.2. The van der Waals surface area contributed by atoms with Crippen molar-refractivity contribution in [3.63, 3.8) is 0 Å². The monoisotopic (exact) mass is 462 g/mol. The summed E-state index contributed by atoms with van der Waals surface area (Å²) in [5.74, 6) is -6.71. The fourth-order valence-electron chi connectivity index (χ4n) is 3.71. The zero-order valence-corrected chi connectivity index (χ0v) is 16.9. The summed E-state index contributed by atoms with van der Waals surface area (Å²) in [5.41, 5.74) is -1.49. The number of hydrogen-bond acceptors (Lipinski definition) is 5. The summed E-state index contributed by atoms with van der Waals surface area (Å²) in [6, 6.07) is 7.41. The van der Waals surface area contributed by atoms with Crippen LogP contribution in [0.3, 0.4) is 0 Å². The molecule has 0 aliphatic carbocycles. The molecule has 4 rings (SSSR count). The highest BCUT2D eigenvalue weighted by molar-refractivity contribution is 6.10. The predicted octanol–water partition coefficient (Wildman–Crippen LogP) is 1.39. The molecule has 1 unspecified atom stereocenters. The van der Waals surface area contributed by atoms with Crippen molar-refractivity contribution < 1.29 is 37.1 Å². The number of anilines is 1. The van der Waals surface area contributed by atoms with Crippen LogP contribution in [0.4, 0.5) is 23.7 Å². The van der Waals surface area contributed by atoms with Crippen molar-refractivity contribution in [3.8, 4) is 5.75 Å². The number of ether oxygens (including phenoxy) is 1. The van der Waals surface area contributed by atoms with Gasteiger partial charge in [0.05, 0.1) is 18.8 Å². The van der Waals surface area contributed by atoms with Gasteiger partial charge in [-0.25, -0.2) is 18.0 Å². The van der Waals surface area contributed by atoms with E-state index in [4.69, 9.17) is 4.74 Å². The van der Waals surface area contributed by atoms with Crippen molar-refractivity contribution in [2.24, 2.45) is 0 Å². The summed E-state index contributed by atoms with van der Waals surface area (Å²) in [6.45, 7) is -1.14. The lowest BCUT2D eigenvalue weighted by Crippen LogP contribution is -2.48. The Labute approximate surface area is 184 Å². The molecule has 2 aromatic rings. The second-order valence-corrected chi connectivity index (χ2v) is 7.37. The minimum Gasteiger partial charge on any atom is -0.493 e. The molecule has 0 aromatic heterocycles. The number of urea groups is 1. The molecule has 2 aliphatic heterocycles. The molecule has 1 saturated heterocycles. The van der Waals surface area contributed by atoms with Crippen LogP contribution in [0.25, 0.3) is 0 Å². The summed E-state index contributed by atoms with van der Waals surface area (Å²) in [4.78, 5) is 50.5. The Bertz CT molecular complexity index is 1170. The number of hydrogen-bond donors (Lipinski definition) is 3. The van der Waals surface area contributed by atoms with Gasteiger partial charge in [-0.2, -0.15) is 0 Å². The van der Waals surface area contributed by atoms with E-state index in [-0.39, 0.29) is 13.0 Å².